The van der Waals surface area contributed by atoms with Crippen molar-refractivity contribution >= 4 is 23.1 Å². The minimum absolute atomic E-state index is 0.0831. The van der Waals surface area contributed by atoms with Crippen LogP contribution < -0.4 is 5.32 Å². The Labute approximate surface area is 113 Å². The highest BCUT2D eigenvalue weighted by Crippen LogP contribution is 2.24. The van der Waals surface area contributed by atoms with E-state index in [2.05, 4.69) is 15.3 Å². The summed E-state index contributed by atoms with van der Waals surface area (Å²) in [6, 6.07) is 0.880. The van der Waals surface area contributed by atoms with Crippen molar-refractivity contribution < 1.29 is 14.3 Å². The van der Waals surface area contributed by atoms with Gasteiger partial charge in [-0.05, 0) is 19.9 Å². The minimum atomic E-state index is -1.32. The molecule has 0 bridgehead atoms. The molecule has 1 unspecified atom stereocenters. The lowest BCUT2D eigenvalue weighted by molar-refractivity contribution is 0.0692. The molecule has 0 saturated heterocycles. The average Bonchev–Trinajstić information content (AvgIpc) is 2.78. The van der Waals surface area contributed by atoms with Gasteiger partial charge in [0.15, 0.2) is 11.6 Å². The molecule has 0 radical (unpaired) electrons. The standard InChI is InChI=1S/C12H12FN3O2S/c1-6-5-15-11(19-6)7(2)16-10-9(13)8(12(17)18)3-4-14-10/h3-5,7H,1-2H3,(H,14,16)(H,17,18). The van der Waals surface area contributed by atoms with Crippen LogP contribution >= 0.6 is 11.3 Å². The topological polar surface area (TPSA) is 75.1 Å². The summed E-state index contributed by atoms with van der Waals surface area (Å²) in [5.74, 6) is -2.27. The number of anilines is 1. The molecule has 0 saturated carbocycles. The molecule has 0 fully saturated rings. The highest BCUT2D eigenvalue weighted by Gasteiger charge is 2.17. The van der Waals surface area contributed by atoms with Crippen LogP contribution in [0.5, 0.6) is 0 Å². The maximum Gasteiger partial charge on any atom is 0.338 e. The maximum absolute atomic E-state index is 13.9. The van der Waals surface area contributed by atoms with Crippen LogP contribution in [0.1, 0.15) is 33.2 Å². The lowest BCUT2D eigenvalue weighted by atomic mass is 10.2. The van der Waals surface area contributed by atoms with Gasteiger partial charge in [0, 0.05) is 17.3 Å². The predicted octanol–water partition coefficient (Wildman–Crippen LogP) is 2.86. The van der Waals surface area contributed by atoms with E-state index < -0.39 is 17.3 Å². The summed E-state index contributed by atoms with van der Waals surface area (Å²) in [6.07, 6.45) is 2.99. The lowest BCUT2D eigenvalue weighted by Gasteiger charge is -2.13. The number of aryl methyl sites for hydroxylation is 1. The van der Waals surface area contributed by atoms with Crippen LogP contribution in [0.25, 0.3) is 0 Å². The fourth-order valence-electron chi connectivity index (χ4n) is 1.55. The Hall–Kier alpha value is -2.02. The van der Waals surface area contributed by atoms with E-state index in [0.717, 1.165) is 16.0 Å². The molecular formula is C12H12FN3O2S. The highest BCUT2D eigenvalue weighted by molar-refractivity contribution is 7.11. The van der Waals surface area contributed by atoms with Crippen molar-refractivity contribution in [1.82, 2.24) is 9.97 Å². The van der Waals surface area contributed by atoms with Gasteiger partial charge in [-0.25, -0.2) is 19.2 Å². The van der Waals surface area contributed by atoms with Gasteiger partial charge < -0.3 is 10.4 Å². The lowest BCUT2D eigenvalue weighted by Crippen LogP contribution is -2.11. The molecule has 19 heavy (non-hydrogen) atoms. The number of nitrogens with zero attached hydrogens (tertiary/aromatic N) is 2. The molecule has 2 N–H and O–H groups in total. The Kier molecular flexibility index (Phi) is 3.75. The van der Waals surface area contributed by atoms with E-state index in [0.29, 0.717) is 0 Å². The van der Waals surface area contributed by atoms with Crippen molar-refractivity contribution in [2.45, 2.75) is 19.9 Å². The van der Waals surface area contributed by atoms with Crippen LogP contribution in [0.2, 0.25) is 0 Å². The molecular weight excluding hydrogens is 269 g/mol. The summed E-state index contributed by atoms with van der Waals surface area (Å²) in [7, 11) is 0. The second-order valence-corrected chi connectivity index (χ2v) is 5.27. The van der Waals surface area contributed by atoms with Gasteiger partial charge in [-0.1, -0.05) is 0 Å². The summed E-state index contributed by atoms with van der Waals surface area (Å²) < 4.78 is 13.9. The van der Waals surface area contributed by atoms with Crippen LogP contribution in [0.3, 0.4) is 0 Å². The van der Waals surface area contributed by atoms with Gasteiger partial charge in [-0.2, -0.15) is 0 Å². The molecule has 2 aromatic heterocycles. The number of nitrogens with one attached hydrogen (secondary N) is 1. The Balaban J connectivity index is 2.24. The SMILES string of the molecule is Cc1cnc(C(C)Nc2nccc(C(=O)O)c2F)s1. The predicted molar refractivity (Wildman–Crippen MR) is 70.0 cm³/mol. The summed E-state index contributed by atoms with van der Waals surface area (Å²) in [4.78, 5) is 19.9. The molecule has 0 amide bonds. The van der Waals surface area contributed by atoms with E-state index in [-0.39, 0.29) is 11.9 Å². The first-order chi connectivity index (χ1) is 8.99. The number of pyridine rings is 1. The average molecular weight is 281 g/mol. The third kappa shape index (κ3) is 2.87. The largest absolute Gasteiger partial charge is 0.478 e. The second kappa shape index (κ2) is 5.31. The van der Waals surface area contributed by atoms with Crippen molar-refractivity contribution in [1.29, 1.82) is 0 Å². The molecule has 1 atom stereocenters. The van der Waals surface area contributed by atoms with Crippen molar-refractivity contribution in [3.63, 3.8) is 0 Å². The Morgan fingerprint density at radius 2 is 2.26 bits per heavy atom. The van der Waals surface area contributed by atoms with Crippen molar-refractivity contribution in [2.24, 2.45) is 0 Å². The van der Waals surface area contributed by atoms with Crippen LogP contribution in [0.15, 0.2) is 18.5 Å². The summed E-state index contributed by atoms with van der Waals surface area (Å²) in [5.41, 5.74) is -0.403. The Morgan fingerprint density at radius 3 is 2.84 bits per heavy atom. The highest BCUT2D eigenvalue weighted by atomic mass is 32.1. The minimum Gasteiger partial charge on any atom is -0.478 e. The monoisotopic (exact) mass is 281 g/mol. The Bertz CT molecular complexity index is 615. The molecule has 100 valence electrons. The number of thiazole rings is 1. The van der Waals surface area contributed by atoms with Crippen LogP contribution in [0, 0.1) is 12.7 Å². The molecule has 0 aliphatic rings. The van der Waals surface area contributed by atoms with E-state index in [4.69, 9.17) is 5.11 Å². The molecule has 0 aliphatic heterocycles. The number of hydrogen-bond acceptors (Lipinski definition) is 5. The molecule has 2 rings (SSSR count). The molecule has 2 aromatic rings. The third-order valence-corrected chi connectivity index (χ3v) is 3.58. The smallest absolute Gasteiger partial charge is 0.338 e. The van der Waals surface area contributed by atoms with Crippen LogP contribution in [-0.4, -0.2) is 21.0 Å². The van der Waals surface area contributed by atoms with Crippen molar-refractivity contribution in [2.75, 3.05) is 5.32 Å². The van der Waals surface area contributed by atoms with Gasteiger partial charge >= 0.3 is 5.97 Å². The summed E-state index contributed by atoms with van der Waals surface area (Å²) in [5, 5.41) is 12.5. The van der Waals surface area contributed by atoms with Crippen molar-refractivity contribution in [3.05, 3.63) is 39.7 Å². The fraction of sp³-hybridized carbons (Fsp3) is 0.250. The molecule has 2 heterocycles. The van der Waals surface area contributed by atoms with Gasteiger partial charge in [0.25, 0.3) is 0 Å². The second-order valence-electron chi connectivity index (χ2n) is 4.00. The van der Waals surface area contributed by atoms with Gasteiger partial charge in [-0.3, -0.25) is 0 Å². The summed E-state index contributed by atoms with van der Waals surface area (Å²) in [6.45, 7) is 3.74. The molecule has 0 aromatic carbocycles. The summed E-state index contributed by atoms with van der Waals surface area (Å²) >= 11 is 1.49. The first-order valence-corrected chi connectivity index (χ1v) is 6.37. The van der Waals surface area contributed by atoms with Gasteiger partial charge in [-0.15, -0.1) is 11.3 Å². The number of carboxylic acid groups (broad SMARTS) is 1. The number of rotatable bonds is 4. The number of aromatic carboxylic acids is 1. The van der Waals surface area contributed by atoms with E-state index in [9.17, 15) is 9.18 Å². The zero-order valence-electron chi connectivity index (χ0n) is 10.3. The quantitative estimate of drug-likeness (QED) is 0.901. The molecule has 7 heteroatoms. The molecule has 0 spiro atoms. The molecule has 0 aliphatic carbocycles. The van der Waals surface area contributed by atoms with E-state index >= 15 is 0 Å². The number of halogens is 1. The zero-order chi connectivity index (χ0) is 14.0. The normalized spacial score (nSPS) is 12.2. The number of hydrogen-bond donors (Lipinski definition) is 2. The zero-order valence-corrected chi connectivity index (χ0v) is 11.2. The first kappa shape index (κ1) is 13.4. The fourth-order valence-corrected chi connectivity index (χ4v) is 2.33. The number of aromatic nitrogens is 2. The van der Waals surface area contributed by atoms with Gasteiger partial charge in [0.1, 0.15) is 10.6 Å². The van der Waals surface area contributed by atoms with Gasteiger partial charge in [0.2, 0.25) is 0 Å². The number of carboxylic acids is 1. The maximum atomic E-state index is 13.9. The van der Waals surface area contributed by atoms with E-state index in [1.807, 2.05) is 13.8 Å². The van der Waals surface area contributed by atoms with Crippen LogP contribution in [-0.2, 0) is 0 Å². The van der Waals surface area contributed by atoms with E-state index in [1.54, 1.807) is 6.20 Å². The van der Waals surface area contributed by atoms with Gasteiger partial charge in [0.05, 0.1) is 6.04 Å². The van der Waals surface area contributed by atoms with Crippen LogP contribution in [0.4, 0.5) is 10.2 Å². The van der Waals surface area contributed by atoms with E-state index in [1.165, 1.54) is 17.5 Å². The molecule has 5 nitrogen and oxygen atoms in total. The first-order valence-electron chi connectivity index (χ1n) is 5.55. The third-order valence-electron chi connectivity index (χ3n) is 2.48. The Morgan fingerprint density at radius 1 is 1.53 bits per heavy atom. The number of carbonyl (C=O) groups is 1. The van der Waals surface area contributed by atoms with Crippen molar-refractivity contribution in [3.8, 4) is 0 Å².